The number of imide groups is 1. The van der Waals surface area contributed by atoms with E-state index in [-0.39, 0.29) is 29.7 Å². The number of hydrogen-bond donors (Lipinski definition) is 0. The summed E-state index contributed by atoms with van der Waals surface area (Å²) in [6, 6.07) is 9.54. The smallest absolute Gasteiger partial charge is 0.294 e. The van der Waals surface area contributed by atoms with Crippen molar-refractivity contribution in [2.75, 3.05) is 26.2 Å². The molecule has 0 spiro atoms. The Balaban J connectivity index is 1.50. The lowest BCUT2D eigenvalue weighted by molar-refractivity contribution is -0.384. The summed E-state index contributed by atoms with van der Waals surface area (Å²) < 4.78 is 12.2. The Bertz CT molecular complexity index is 1310. The molecule has 2 fully saturated rings. The molecule has 2 aliphatic heterocycles. The number of nitro benzene ring substituents is 1. The van der Waals surface area contributed by atoms with Crippen LogP contribution in [0.1, 0.15) is 43.7 Å². The van der Waals surface area contributed by atoms with Crippen molar-refractivity contribution in [1.82, 2.24) is 9.80 Å². The molecule has 4 rings (SSSR count). The number of rotatable bonds is 9. The summed E-state index contributed by atoms with van der Waals surface area (Å²) in [5, 5.41) is 10.6. The lowest BCUT2D eigenvalue weighted by atomic mass is 10.1. The first-order valence-corrected chi connectivity index (χ1v) is 14.2. The van der Waals surface area contributed by atoms with Crippen LogP contribution in [0.3, 0.4) is 0 Å². The summed E-state index contributed by atoms with van der Waals surface area (Å²) >= 11 is 4.29. The standard InChI is InChI=1S/C27H28BrN3O7S/c1-2-37-22-13-19(21(28)15-23(22)38-17-18-8-7-9-20(12-18)31(35)36)14-24-26(33)30(27(34)39-24)16-25(32)29-10-5-3-4-6-11-29/h7-9,12-15H,2-6,10-11,16-17H2,1H3. The van der Waals surface area contributed by atoms with Crippen LogP contribution in [0.5, 0.6) is 11.5 Å². The highest BCUT2D eigenvalue weighted by atomic mass is 79.9. The predicted octanol–water partition coefficient (Wildman–Crippen LogP) is 5.77. The van der Waals surface area contributed by atoms with E-state index in [1.54, 1.807) is 35.2 Å². The van der Waals surface area contributed by atoms with E-state index >= 15 is 0 Å². The summed E-state index contributed by atoms with van der Waals surface area (Å²) in [7, 11) is 0. The predicted molar refractivity (Wildman–Crippen MR) is 150 cm³/mol. The SMILES string of the molecule is CCOc1cc(C=C2SC(=O)N(CC(=O)N3CCCCCC3)C2=O)c(Br)cc1OCc1cccc([N+](=O)[O-])c1. The number of carbonyl (C=O) groups is 3. The molecule has 3 amide bonds. The van der Waals surface area contributed by atoms with Gasteiger partial charge in [0.15, 0.2) is 11.5 Å². The van der Waals surface area contributed by atoms with Gasteiger partial charge in [0, 0.05) is 29.7 Å². The molecule has 0 aliphatic carbocycles. The number of likely N-dealkylation sites (tertiary alicyclic amines) is 1. The maximum Gasteiger partial charge on any atom is 0.294 e. The van der Waals surface area contributed by atoms with Gasteiger partial charge >= 0.3 is 0 Å². The van der Waals surface area contributed by atoms with Gasteiger partial charge in [-0.05, 0) is 60.9 Å². The van der Waals surface area contributed by atoms with Crippen LogP contribution in [-0.4, -0.2) is 58.0 Å². The van der Waals surface area contributed by atoms with Crippen molar-refractivity contribution in [2.24, 2.45) is 0 Å². The molecule has 2 saturated heterocycles. The summed E-state index contributed by atoms with van der Waals surface area (Å²) in [5.41, 5.74) is 1.18. The minimum absolute atomic E-state index is 0.0280. The van der Waals surface area contributed by atoms with Crippen LogP contribution in [0.4, 0.5) is 10.5 Å². The first kappa shape index (κ1) is 28.6. The fraction of sp³-hybridized carbons (Fsp3) is 0.370. The van der Waals surface area contributed by atoms with Crippen molar-refractivity contribution >= 4 is 56.5 Å². The molecule has 0 saturated carbocycles. The molecule has 2 aromatic carbocycles. The summed E-state index contributed by atoms with van der Waals surface area (Å²) in [4.78, 5) is 52.0. The second-order valence-corrected chi connectivity index (χ2v) is 10.9. The number of carbonyl (C=O) groups excluding carboxylic acids is 3. The Morgan fingerprint density at radius 2 is 1.82 bits per heavy atom. The van der Waals surface area contributed by atoms with Crippen molar-refractivity contribution in [2.45, 2.75) is 39.2 Å². The molecular weight excluding hydrogens is 590 g/mol. The van der Waals surface area contributed by atoms with Crippen LogP contribution in [0, 0.1) is 10.1 Å². The van der Waals surface area contributed by atoms with Crippen LogP contribution in [-0.2, 0) is 16.2 Å². The molecule has 206 valence electrons. The Labute approximate surface area is 238 Å². The van der Waals surface area contributed by atoms with Gasteiger partial charge in [-0.1, -0.05) is 40.9 Å². The third-order valence-corrected chi connectivity index (χ3v) is 7.89. The quantitative estimate of drug-likeness (QED) is 0.197. The molecule has 0 N–H and O–H groups in total. The molecule has 0 bridgehead atoms. The second kappa shape index (κ2) is 13.1. The average Bonchev–Trinajstić information content (AvgIpc) is 3.10. The second-order valence-electron chi connectivity index (χ2n) is 9.03. The van der Waals surface area contributed by atoms with Gasteiger partial charge in [-0.3, -0.25) is 29.4 Å². The summed E-state index contributed by atoms with van der Waals surface area (Å²) in [6.45, 7) is 3.28. The van der Waals surface area contributed by atoms with Gasteiger partial charge in [-0.15, -0.1) is 0 Å². The van der Waals surface area contributed by atoms with Gasteiger partial charge in [-0.25, -0.2) is 0 Å². The Kier molecular flexibility index (Phi) is 9.63. The molecule has 39 heavy (non-hydrogen) atoms. The Hall–Kier alpha value is -3.38. The third kappa shape index (κ3) is 7.18. The summed E-state index contributed by atoms with van der Waals surface area (Å²) in [6.07, 6.45) is 5.58. The van der Waals surface area contributed by atoms with Crippen molar-refractivity contribution < 1.29 is 28.8 Å². The maximum atomic E-state index is 13.1. The number of non-ortho nitro benzene ring substituents is 1. The molecule has 0 unspecified atom stereocenters. The van der Waals surface area contributed by atoms with E-state index in [0.717, 1.165) is 42.3 Å². The third-order valence-electron chi connectivity index (χ3n) is 6.29. The van der Waals surface area contributed by atoms with Crippen LogP contribution in [0.2, 0.25) is 0 Å². The average molecular weight is 619 g/mol. The monoisotopic (exact) mass is 617 g/mol. The van der Waals surface area contributed by atoms with Gasteiger partial charge in [-0.2, -0.15) is 0 Å². The van der Waals surface area contributed by atoms with Crippen molar-refractivity contribution in [3.05, 3.63) is 67.0 Å². The molecule has 2 aliphatic rings. The number of ether oxygens (including phenoxy) is 2. The first-order valence-electron chi connectivity index (χ1n) is 12.6. The maximum absolute atomic E-state index is 13.1. The number of hydrogen-bond acceptors (Lipinski definition) is 8. The van der Waals surface area contributed by atoms with E-state index in [1.807, 2.05) is 6.92 Å². The van der Waals surface area contributed by atoms with Gasteiger partial charge in [0.2, 0.25) is 5.91 Å². The fourth-order valence-corrected chi connectivity index (χ4v) is 5.56. The fourth-order valence-electron chi connectivity index (χ4n) is 4.30. The highest BCUT2D eigenvalue weighted by Gasteiger charge is 2.37. The van der Waals surface area contributed by atoms with E-state index in [4.69, 9.17) is 9.47 Å². The van der Waals surface area contributed by atoms with Crippen molar-refractivity contribution in [3.8, 4) is 11.5 Å². The molecule has 0 aromatic heterocycles. The summed E-state index contributed by atoms with van der Waals surface area (Å²) in [5.74, 6) is 0.0889. The van der Waals surface area contributed by atoms with Gasteiger partial charge in [0.1, 0.15) is 13.2 Å². The number of nitrogens with zero attached hydrogens (tertiary/aromatic N) is 3. The zero-order valence-corrected chi connectivity index (χ0v) is 23.8. The number of halogens is 1. The zero-order valence-electron chi connectivity index (χ0n) is 21.4. The van der Waals surface area contributed by atoms with E-state index in [0.29, 0.717) is 46.8 Å². The van der Waals surface area contributed by atoms with E-state index in [2.05, 4.69) is 15.9 Å². The van der Waals surface area contributed by atoms with Crippen LogP contribution in [0.25, 0.3) is 6.08 Å². The highest BCUT2D eigenvalue weighted by molar-refractivity contribution is 9.10. The topological polar surface area (TPSA) is 119 Å². The normalized spacial score (nSPS) is 16.9. The molecule has 0 radical (unpaired) electrons. The lowest BCUT2D eigenvalue weighted by Gasteiger charge is -2.22. The minimum atomic E-state index is -0.510. The molecule has 12 heteroatoms. The molecule has 10 nitrogen and oxygen atoms in total. The molecule has 2 aromatic rings. The highest BCUT2D eigenvalue weighted by Crippen LogP contribution is 2.38. The lowest BCUT2D eigenvalue weighted by Crippen LogP contribution is -2.42. The number of thioether (sulfide) groups is 1. The number of nitro groups is 1. The van der Waals surface area contributed by atoms with E-state index in [9.17, 15) is 24.5 Å². The van der Waals surface area contributed by atoms with Crippen molar-refractivity contribution in [1.29, 1.82) is 0 Å². The molecular formula is C27H28BrN3O7S. The van der Waals surface area contributed by atoms with Crippen molar-refractivity contribution in [3.63, 3.8) is 0 Å². The van der Waals surface area contributed by atoms with Crippen LogP contribution in [0.15, 0.2) is 45.8 Å². The van der Waals surface area contributed by atoms with E-state index in [1.165, 1.54) is 12.1 Å². The molecule has 0 atom stereocenters. The minimum Gasteiger partial charge on any atom is -0.490 e. The Morgan fingerprint density at radius 3 is 2.51 bits per heavy atom. The van der Waals surface area contributed by atoms with Gasteiger partial charge < -0.3 is 14.4 Å². The van der Waals surface area contributed by atoms with Gasteiger partial charge in [0.05, 0.1) is 16.4 Å². The Morgan fingerprint density at radius 1 is 1.10 bits per heavy atom. The van der Waals surface area contributed by atoms with E-state index < -0.39 is 16.1 Å². The number of benzene rings is 2. The largest absolute Gasteiger partial charge is 0.490 e. The first-order chi connectivity index (χ1) is 18.8. The van der Waals surface area contributed by atoms with Crippen LogP contribution < -0.4 is 9.47 Å². The zero-order chi connectivity index (χ0) is 27.9. The van der Waals surface area contributed by atoms with Crippen LogP contribution >= 0.6 is 27.7 Å². The van der Waals surface area contributed by atoms with Gasteiger partial charge in [0.25, 0.3) is 16.8 Å². The molecule has 2 heterocycles. The number of amides is 3.